The third kappa shape index (κ3) is 3.13. The highest BCUT2D eigenvalue weighted by Gasteiger charge is 2.41. The van der Waals surface area contributed by atoms with Crippen LogP contribution >= 0.6 is 0 Å². The molecule has 1 aliphatic carbocycles. The van der Waals surface area contributed by atoms with Crippen LogP contribution in [0, 0.1) is 17.8 Å². The lowest BCUT2D eigenvalue weighted by Gasteiger charge is -2.14. The van der Waals surface area contributed by atoms with E-state index in [2.05, 4.69) is 10.5 Å². The van der Waals surface area contributed by atoms with Crippen LogP contribution in [0.4, 0.5) is 0 Å². The first-order chi connectivity index (χ1) is 9.11. The van der Waals surface area contributed by atoms with Crippen molar-refractivity contribution >= 4 is 11.9 Å². The Hall–Kier alpha value is -1.85. The van der Waals surface area contributed by atoms with Crippen LogP contribution < -0.4 is 5.32 Å². The number of hydrogen-bond acceptors (Lipinski definition) is 4. The van der Waals surface area contributed by atoms with Gasteiger partial charge in [0.1, 0.15) is 0 Å². The van der Waals surface area contributed by atoms with Gasteiger partial charge in [0.2, 0.25) is 5.91 Å². The lowest BCUT2D eigenvalue weighted by Crippen LogP contribution is -2.34. The van der Waals surface area contributed by atoms with Crippen molar-refractivity contribution < 1.29 is 19.2 Å². The highest BCUT2D eigenvalue weighted by Crippen LogP contribution is 2.38. The topological polar surface area (TPSA) is 92.4 Å². The van der Waals surface area contributed by atoms with E-state index >= 15 is 0 Å². The van der Waals surface area contributed by atoms with Crippen molar-refractivity contribution in [3.05, 3.63) is 18.0 Å². The zero-order valence-electron chi connectivity index (χ0n) is 10.8. The monoisotopic (exact) mass is 266 g/mol. The number of carboxylic acid groups (broad SMARTS) is 1. The van der Waals surface area contributed by atoms with Gasteiger partial charge in [-0.05, 0) is 18.8 Å². The zero-order chi connectivity index (χ0) is 13.8. The highest BCUT2D eigenvalue weighted by molar-refractivity contribution is 5.85. The third-order valence-corrected chi connectivity index (χ3v) is 3.82. The number of amides is 1. The van der Waals surface area contributed by atoms with Crippen LogP contribution in [-0.4, -0.2) is 22.1 Å². The summed E-state index contributed by atoms with van der Waals surface area (Å²) in [5, 5.41) is 15.5. The summed E-state index contributed by atoms with van der Waals surface area (Å²) < 4.78 is 4.88. The van der Waals surface area contributed by atoms with Crippen LogP contribution in [0.25, 0.3) is 0 Å². The van der Waals surface area contributed by atoms with Crippen molar-refractivity contribution in [3.8, 4) is 0 Å². The van der Waals surface area contributed by atoms with Gasteiger partial charge in [0.15, 0.2) is 5.76 Å². The van der Waals surface area contributed by atoms with E-state index in [1.807, 2.05) is 6.92 Å². The number of carbonyl (C=O) groups excluding carboxylic acids is 1. The molecule has 0 aromatic carbocycles. The van der Waals surface area contributed by atoms with Gasteiger partial charge in [-0.15, -0.1) is 0 Å². The van der Waals surface area contributed by atoms with Gasteiger partial charge in [-0.2, -0.15) is 0 Å². The first-order valence-corrected chi connectivity index (χ1v) is 6.51. The molecule has 1 unspecified atom stereocenters. The lowest BCUT2D eigenvalue weighted by atomic mass is 9.95. The maximum Gasteiger partial charge on any atom is 0.307 e. The Morgan fingerprint density at radius 1 is 1.47 bits per heavy atom. The predicted molar refractivity (Wildman–Crippen MR) is 66.0 cm³/mol. The molecule has 2 N–H and O–H groups in total. The van der Waals surface area contributed by atoms with E-state index in [4.69, 9.17) is 4.52 Å². The quantitative estimate of drug-likeness (QED) is 0.841. The highest BCUT2D eigenvalue weighted by atomic mass is 16.5. The Balaban J connectivity index is 1.94. The number of carbonyl (C=O) groups is 2. The molecule has 2 rings (SSSR count). The van der Waals surface area contributed by atoms with Crippen molar-refractivity contribution in [1.82, 2.24) is 10.5 Å². The van der Waals surface area contributed by atoms with E-state index in [1.54, 1.807) is 6.07 Å². The second-order valence-electron chi connectivity index (χ2n) is 4.99. The molecule has 1 amide bonds. The molecule has 0 spiro atoms. The minimum atomic E-state index is -0.879. The number of nitrogens with one attached hydrogen (secondary N) is 1. The maximum absolute atomic E-state index is 12.1. The fourth-order valence-electron chi connectivity index (χ4n) is 2.68. The zero-order valence-corrected chi connectivity index (χ0v) is 10.8. The Morgan fingerprint density at radius 2 is 2.21 bits per heavy atom. The molecule has 1 fully saturated rings. The van der Waals surface area contributed by atoms with Gasteiger partial charge in [0.25, 0.3) is 0 Å². The standard InChI is InChI=1S/C13H18N2O4/c1-2-8-5-10(11(6-8)13(17)18)12(16)14-7-9-3-4-15-19-9/h3-4,8,10-11H,2,5-7H2,1H3,(H,14,16)(H,17,18)/t8?,10-,11+/m0/s1. The van der Waals surface area contributed by atoms with E-state index in [1.165, 1.54) is 6.20 Å². The number of rotatable bonds is 5. The molecule has 0 bridgehead atoms. The molecule has 1 heterocycles. The fraction of sp³-hybridized carbons (Fsp3) is 0.615. The van der Waals surface area contributed by atoms with Gasteiger partial charge < -0.3 is 14.9 Å². The second kappa shape index (κ2) is 5.86. The smallest absolute Gasteiger partial charge is 0.307 e. The summed E-state index contributed by atoms with van der Waals surface area (Å²) >= 11 is 0. The Morgan fingerprint density at radius 3 is 2.79 bits per heavy atom. The summed E-state index contributed by atoms with van der Waals surface area (Å²) in [4.78, 5) is 23.3. The molecular weight excluding hydrogens is 248 g/mol. The van der Waals surface area contributed by atoms with Crippen LogP contribution in [0.5, 0.6) is 0 Å². The summed E-state index contributed by atoms with van der Waals surface area (Å²) in [6, 6.07) is 1.67. The number of nitrogens with zero attached hydrogens (tertiary/aromatic N) is 1. The van der Waals surface area contributed by atoms with Crippen LogP contribution in [0.3, 0.4) is 0 Å². The van der Waals surface area contributed by atoms with Crippen LogP contribution in [0.2, 0.25) is 0 Å². The molecule has 19 heavy (non-hydrogen) atoms. The van der Waals surface area contributed by atoms with Gasteiger partial charge in [-0.3, -0.25) is 9.59 Å². The van der Waals surface area contributed by atoms with Crippen LogP contribution in [0.1, 0.15) is 31.9 Å². The third-order valence-electron chi connectivity index (χ3n) is 3.82. The second-order valence-corrected chi connectivity index (χ2v) is 4.99. The van der Waals surface area contributed by atoms with E-state index in [0.717, 1.165) is 6.42 Å². The molecular formula is C13H18N2O4. The molecule has 1 aromatic heterocycles. The van der Waals surface area contributed by atoms with Gasteiger partial charge in [0.05, 0.1) is 24.6 Å². The average Bonchev–Trinajstić information content (AvgIpc) is 3.04. The largest absolute Gasteiger partial charge is 0.481 e. The van der Waals surface area contributed by atoms with Crippen molar-refractivity contribution in [3.63, 3.8) is 0 Å². The lowest BCUT2D eigenvalue weighted by molar-refractivity contribution is -0.146. The molecule has 0 saturated heterocycles. The number of aliphatic carboxylic acids is 1. The van der Waals surface area contributed by atoms with E-state index in [9.17, 15) is 14.7 Å². The molecule has 1 saturated carbocycles. The van der Waals surface area contributed by atoms with Crippen molar-refractivity contribution in [2.75, 3.05) is 0 Å². The molecule has 1 aliphatic rings. The van der Waals surface area contributed by atoms with Crippen molar-refractivity contribution in [1.29, 1.82) is 0 Å². The normalized spacial score (nSPS) is 26.3. The Bertz CT molecular complexity index is 444. The molecule has 3 atom stereocenters. The fourth-order valence-corrected chi connectivity index (χ4v) is 2.68. The SMILES string of the molecule is CCC1C[C@H](C(=O)NCc2ccno2)[C@H](C(=O)O)C1. The molecule has 1 aromatic rings. The molecule has 6 nitrogen and oxygen atoms in total. The number of hydrogen-bond donors (Lipinski definition) is 2. The van der Waals surface area contributed by atoms with Gasteiger partial charge in [-0.1, -0.05) is 18.5 Å². The number of aromatic nitrogens is 1. The van der Waals surface area contributed by atoms with Crippen molar-refractivity contribution in [2.45, 2.75) is 32.7 Å². The van der Waals surface area contributed by atoms with E-state index in [0.29, 0.717) is 24.5 Å². The van der Waals surface area contributed by atoms with Gasteiger partial charge in [-0.25, -0.2) is 0 Å². The van der Waals surface area contributed by atoms with E-state index in [-0.39, 0.29) is 12.5 Å². The summed E-state index contributed by atoms with van der Waals surface area (Å²) in [5.74, 6) is -1.21. The molecule has 6 heteroatoms. The van der Waals surface area contributed by atoms with Crippen molar-refractivity contribution in [2.24, 2.45) is 17.8 Å². The maximum atomic E-state index is 12.1. The first kappa shape index (κ1) is 13.6. The first-order valence-electron chi connectivity index (χ1n) is 6.51. The number of carboxylic acids is 1. The average molecular weight is 266 g/mol. The molecule has 0 aliphatic heterocycles. The van der Waals surface area contributed by atoms with Gasteiger partial charge >= 0.3 is 5.97 Å². The minimum Gasteiger partial charge on any atom is -0.481 e. The Labute approximate surface area is 111 Å². The van der Waals surface area contributed by atoms with E-state index < -0.39 is 17.8 Å². The summed E-state index contributed by atoms with van der Waals surface area (Å²) in [7, 11) is 0. The minimum absolute atomic E-state index is 0.209. The predicted octanol–water partition coefficient (Wildman–Crippen LogP) is 1.43. The summed E-state index contributed by atoms with van der Waals surface area (Å²) in [5.41, 5.74) is 0. The van der Waals surface area contributed by atoms with Crippen LogP contribution in [0.15, 0.2) is 16.8 Å². The van der Waals surface area contributed by atoms with Gasteiger partial charge in [0, 0.05) is 6.07 Å². The van der Waals surface area contributed by atoms with Crippen LogP contribution in [-0.2, 0) is 16.1 Å². The Kier molecular flexibility index (Phi) is 4.19. The summed E-state index contributed by atoms with van der Waals surface area (Å²) in [6.07, 6.45) is 3.65. The summed E-state index contributed by atoms with van der Waals surface area (Å²) in [6.45, 7) is 2.27. The molecule has 104 valence electrons. The molecule has 0 radical (unpaired) electrons.